The lowest BCUT2D eigenvalue weighted by molar-refractivity contribution is 0.174. The summed E-state index contributed by atoms with van der Waals surface area (Å²) >= 11 is 5.80. The Morgan fingerprint density at radius 3 is 2.00 bits per heavy atom. The molecule has 0 unspecified atom stereocenters. The average molecular weight is 405 g/mol. The SMILES string of the molecule is CS(=O)(=O)c1ccc(-c2cc3c(cc2-c2ccc(Cl)c(F)c2)OCO3)cc1. The zero-order valence-corrected chi connectivity index (χ0v) is 15.8. The molecule has 4 nitrogen and oxygen atoms in total. The molecule has 7 heteroatoms. The molecular weight excluding hydrogens is 391 g/mol. The van der Waals surface area contributed by atoms with E-state index in [1.54, 1.807) is 42.5 Å². The van der Waals surface area contributed by atoms with Gasteiger partial charge in [-0.2, -0.15) is 0 Å². The zero-order valence-electron chi connectivity index (χ0n) is 14.2. The highest BCUT2D eigenvalue weighted by Crippen LogP contribution is 2.43. The highest BCUT2D eigenvalue weighted by atomic mass is 35.5. The van der Waals surface area contributed by atoms with Crippen molar-refractivity contribution in [1.82, 2.24) is 0 Å². The van der Waals surface area contributed by atoms with Crippen LogP contribution >= 0.6 is 11.6 Å². The van der Waals surface area contributed by atoms with E-state index < -0.39 is 15.7 Å². The predicted octanol–water partition coefficient (Wildman–Crippen LogP) is 4.95. The molecule has 0 bridgehead atoms. The molecule has 0 atom stereocenters. The van der Waals surface area contributed by atoms with Gasteiger partial charge in [-0.15, -0.1) is 0 Å². The topological polar surface area (TPSA) is 52.6 Å². The maximum absolute atomic E-state index is 14.0. The first-order chi connectivity index (χ1) is 12.8. The first kappa shape index (κ1) is 17.8. The number of halogens is 2. The molecule has 0 spiro atoms. The van der Waals surface area contributed by atoms with Crippen LogP contribution in [-0.2, 0) is 9.84 Å². The van der Waals surface area contributed by atoms with Gasteiger partial charge in [-0.25, -0.2) is 12.8 Å². The molecule has 27 heavy (non-hydrogen) atoms. The van der Waals surface area contributed by atoms with Crippen molar-refractivity contribution in [3.8, 4) is 33.8 Å². The van der Waals surface area contributed by atoms with Gasteiger partial charge in [0.2, 0.25) is 6.79 Å². The fourth-order valence-corrected chi connectivity index (χ4v) is 3.71. The number of rotatable bonds is 3. The monoisotopic (exact) mass is 404 g/mol. The van der Waals surface area contributed by atoms with Crippen LogP contribution in [0.3, 0.4) is 0 Å². The summed E-state index contributed by atoms with van der Waals surface area (Å²) in [6, 6.07) is 14.7. The van der Waals surface area contributed by atoms with Crippen molar-refractivity contribution in [1.29, 1.82) is 0 Å². The summed E-state index contributed by atoms with van der Waals surface area (Å²) in [5.74, 6) is 0.623. The Morgan fingerprint density at radius 2 is 1.44 bits per heavy atom. The van der Waals surface area contributed by atoms with E-state index in [0.717, 1.165) is 22.9 Å². The molecule has 0 saturated carbocycles. The Hall–Kier alpha value is -2.57. The lowest BCUT2D eigenvalue weighted by atomic mass is 9.94. The van der Waals surface area contributed by atoms with Crippen LogP contribution in [0, 0.1) is 5.82 Å². The van der Waals surface area contributed by atoms with E-state index in [4.69, 9.17) is 21.1 Å². The molecule has 1 aliphatic rings. The van der Waals surface area contributed by atoms with Crippen LogP contribution < -0.4 is 9.47 Å². The van der Waals surface area contributed by atoms with Crippen LogP contribution in [0.1, 0.15) is 0 Å². The molecule has 0 fully saturated rings. The summed E-state index contributed by atoms with van der Waals surface area (Å²) in [5.41, 5.74) is 2.88. The van der Waals surface area contributed by atoms with Crippen molar-refractivity contribution in [2.45, 2.75) is 4.90 Å². The van der Waals surface area contributed by atoms with Gasteiger partial charge in [-0.3, -0.25) is 0 Å². The molecule has 0 radical (unpaired) electrons. The number of hydrogen-bond acceptors (Lipinski definition) is 4. The number of hydrogen-bond donors (Lipinski definition) is 0. The molecule has 0 amide bonds. The van der Waals surface area contributed by atoms with Crippen LogP contribution in [0.5, 0.6) is 11.5 Å². The molecule has 4 rings (SSSR count). The van der Waals surface area contributed by atoms with E-state index in [0.29, 0.717) is 17.1 Å². The zero-order chi connectivity index (χ0) is 19.2. The Labute approximate surface area is 161 Å². The third-order valence-corrected chi connectivity index (χ3v) is 5.77. The lowest BCUT2D eigenvalue weighted by Gasteiger charge is -2.13. The molecule has 1 heterocycles. The molecule has 1 aliphatic heterocycles. The fraction of sp³-hybridized carbons (Fsp3) is 0.100. The standard InChI is InChI=1S/C20H14ClFO4S/c1-27(23,24)14-5-2-12(3-6-14)15-9-19-20(26-11-25-19)10-16(15)13-4-7-17(21)18(22)8-13/h2-10H,11H2,1H3. The van der Waals surface area contributed by atoms with Crippen LogP contribution in [0.2, 0.25) is 5.02 Å². The molecule has 0 aliphatic carbocycles. The van der Waals surface area contributed by atoms with Crippen LogP contribution in [0.4, 0.5) is 4.39 Å². The Morgan fingerprint density at radius 1 is 0.889 bits per heavy atom. The highest BCUT2D eigenvalue weighted by molar-refractivity contribution is 7.90. The van der Waals surface area contributed by atoms with E-state index in [2.05, 4.69) is 0 Å². The van der Waals surface area contributed by atoms with Crippen LogP contribution in [-0.4, -0.2) is 21.5 Å². The van der Waals surface area contributed by atoms with Crippen molar-refractivity contribution >= 4 is 21.4 Å². The summed E-state index contributed by atoms with van der Waals surface area (Å²) in [4.78, 5) is 0.228. The Balaban J connectivity index is 1.90. The van der Waals surface area contributed by atoms with E-state index in [9.17, 15) is 12.8 Å². The molecule has 0 N–H and O–H groups in total. The summed E-state index contributed by atoms with van der Waals surface area (Å²) < 4.78 is 48.3. The Bertz CT molecular complexity index is 1140. The summed E-state index contributed by atoms with van der Waals surface area (Å²) in [7, 11) is -3.29. The molecule has 3 aromatic rings. The van der Waals surface area contributed by atoms with Crippen LogP contribution in [0.15, 0.2) is 59.5 Å². The van der Waals surface area contributed by atoms with E-state index in [1.165, 1.54) is 12.1 Å². The third kappa shape index (κ3) is 3.38. The van der Waals surface area contributed by atoms with Gasteiger partial charge in [-0.05, 0) is 58.7 Å². The van der Waals surface area contributed by atoms with Crippen LogP contribution in [0.25, 0.3) is 22.3 Å². The average Bonchev–Trinajstić information content (AvgIpc) is 3.10. The van der Waals surface area contributed by atoms with Crippen molar-refractivity contribution < 1.29 is 22.3 Å². The maximum atomic E-state index is 14.0. The molecule has 3 aromatic carbocycles. The second-order valence-corrected chi connectivity index (χ2v) is 8.60. The minimum atomic E-state index is -3.29. The third-order valence-electron chi connectivity index (χ3n) is 4.34. The minimum absolute atomic E-state index is 0.0403. The van der Waals surface area contributed by atoms with E-state index in [1.807, 2.05) is 0 Å². The molecular formula is C20H14ClFO4S. The van der Waals surface area contributed by atoms with Gasteiger partial charge < -0.3 is 9.47 Å². The largest absolute Gasteiger partial charge is 0.454 e. The van der Waals surface area contributed by atoms with Gasteiger partial charge in [0.1, 0.15) is 5.82 Å². The van der Waals surface area contributed by atoms with Crippen molar-refractivity contribution in [3.63, 3.8) is 0 Å². The smallest absolute Gasteiger partial charge is 0.231 e. The first-order valence-corrected chi connectivity index (χ1v) is 10.3. The van der Waals surface area contributed by atoms with Crippen molar-refractivity contribution in [3.05, 3.63) is 65.4 Å². The molecule has 138 valence electrons. The lowest BCUT2D eigenvalue weighted by Crippen LogP contribution is -1.96. The van der Waals surface area contributed by atoms with Gasteiger partial charge in [0.05, 0.1) is 9.92 Å². The molecule has 0 saturated heterocycles. The van der Waals surface area contributed by atoms with E-state index in [-0.39, 0.29) is 16.7 Å². The first-order valence-electron chi connectivity index (χ1n) is 8.02. The number of sulfone groups is 1. The second kappa shape index (κ2) is 6.55. The predicted molar refractivity (Wildman–Crippen MR) is 102 cm³/mol. The van der Waals surface area contributed by atoms with Gasteiger partial charge in [0.15, 0.2) is 21.3 Å². The number of ether oxygens (including phenoxy) is 2. The summed E-state index contributed by atoms with van der Waals surface area (Å²) in [6.07, 6.45) is 1.16. The van der Waals surface area contributed by atoms with Gasteiger partial charge in [-0.1, -0.05) is 29.8 Å². The molecule has 0 aromatic heterocycles. The van der Waals surface area contributed by atoms with Crippen molar-refractivity contribution in [2.24, 2.45) is 0 Å². The highest BCUT2D eigenvalue weighted by Gasteiger charge is 2.20. The fourth-order valence-electron chi connectivity index (χ4n) is 2.96. The minimum Gasteiger partial charge on any atom is -0.454 e. The Kier molecular flexibility index (Phi) is 4.32. The van der Waals surface area contributed by atoms with Gasteiger partial charge in [0.25, 0.3) is 0 Å². The second-order valence-electron chi connectivity index (χ2n) is 6.18. The quantitative estimate of drug-likeness (QED) is 0.620. The maximum Gasteiger partial charge on any atom is 0.231 e. The van der Waals surface area contributed by atoms with E-state index >= 15 is 0 Å². The number of fused-ring (bicyclic) bond motifs is 1. The van der Waals surface area contributed by atoms with Gasteiger partial charge >= 0.3 is 0 Å². The normalized spacial score (nSPS) is 13.0. The van der Waals surface area contributed by atoms with Crippen molar-refractivity contribution in [2.75, 3.05) is 13.0 Å². The van der Waals surface area contributed by atoms with Gasteiger partial charge in [0, 0.05) is 6.26 Å². The summed E-state index contributed by atoms with van der Waals surface area (Å²) in [5, 5.41) is 0.0403. The number of benzene rings is 3. The summed E-state index contributed by atoms with van der Waals surface area (Å²) in [6.45, 7) is 0.111.